The van der Waals surface area contributed by atoms with Gasteiger partial charge in [0, 0.05) is 26.2 Å². The lowest BCUT2D eigenvalue weighted by Gasteiger charge is -2.28. The molecule has 4 nitrogen and oxygen atoms in total. The minimum atomic E-state index is -0.292. The van der Waals surface area contributed by atoms with Crippen LogP contribution < -0.4 is 5.32 Å². The predicted molar refractivity (Wildman–Crippen MR) is 81.8 cm³/mol. The van der Waals surface area contributed by atoms with Gasteiger partial charge in [-0.25, -0.2) is 0 Å². The zero-order chi connectivity index (χ0) is 14.1. The third-order valence-electron chi connectivity index (χ3n) is 3.57. The molecule has 2 radical (unpaired) electrons. The number of hydrogen-bond acceptors (Lipinski definition) is 4. The number of aliphatic imine (C=N–C) groups is 1. The van der Waals surface area contributed by atoms with Crippen LogP contribution in [0.1, 0.15) is 21.9 Å². The standard InChI is InChI=1S/C15H17N3OS/c1-10-3-4-11(2)12(9-10)13-14(19)17-15(20-13)18-7-5-16-6-8-18/h2-4,9,13,16H,5-8H2,1H3. The molecule has 2 aliphatic heterocycles. The SMILES string of the molecule is [CH]c1ccc(C)cc1C1SC(N2CCNCC2)=NC1=O. The van der Waals surface area contributed by atoms with Gasteiger partial charge in [-0.1, -0.05) is 35.5 Å². The Morgan fingerprint density at radius 2 is 2.15 bits per heavy atom. The fraction of sp³-hybridized carbons (Fsp3) is 0.400. The van der Waals surface area contributed by atoms with Gasteiger partial charge in [-0.15, -0.1) is 0 Å². The van der Waals surface area contributed by atoms with Crippen molar-refractivity contribution in [3.05, 3.63) is 41.8 Å². The van der Waals surface area contributed by atoms with Crippen molar-refractivity contribution in [1.82, 2.24) is 10.2 Å². The van der Waals surface area contributed by atoms with Gasteiger partial charge < -0.3 is 10.2 Å². The van der Waals surface area contributed by atoms with E-state index in [2.05, 4.69) is 15.2 Å². The van der Waals surface area contributed by atoms with Gasteiger partial charge in [0.05, 0.1) is 0 Å². The van der Waals surface area contributed by atoms with Crippen molar-refractivity contribution in [1.29, 1.82) is 0 Å². The molecule has 0 bridgehead atoms. The molecule has 0 saturated carbocycles. The van der Waals surface area contributed by atoms with Crippen molar-refractivity contribution in [2.24, 2.45) is 4.99 Å². The number of nitrogens with zero attached hydrogens (tertiary/aromatic N) is 2. The van der Waals surface area contributed by atoms with Gasteiger partial charge in [-0.2, -0.15) is 4.99 Å². The number of aryl methyl sites for hydroxylation is 1. The molecule has 1 amide bonds. The first-order valence-corrected chi connectivity index (χ1v) is 7.64. The van der Waals surface area contributed by atoms with E-state index in [1.165, 1.54) is 11.8 Å². The number of hydrogen-bond donors (Lipinski definition) is 1. The van der Waals surface area contributed by atoms with Crippen LogP contribution in [0.5, 0.6) is 0 Å². The molecule has 1 aromatic rings. The highest BCUT2D eigenvalue weighted by Crippen LogP contribution is 2.39. The van der Waals surface area contributed by atoms with E-state index >= 15 is 0 Å². The number of amides is 1. The summed E-state index contributed by atoms with van der Waals surface area (Å²) in [7, 11) is 0. The molecule has 1 unspecified atom stereocenters. The Morgan fingerprint density at radius 3 is 2.90 bits per heavy atom. The normalized spacial score (nSPS) is 23.1. The maximum absolute atomic E-state index is 12.2. The summed E-state index contributed by atoms with van der Waals surface area (Å²) >= 11 is 1.52. The summed E-state index contributed by atoms with van der Waals surface area (Å²) in [5.41, 5.74) is 2.66. The lowest BCUT2D eigenvalue weighted by Crippen LogP contribution is -2.45. The van der Waals surface area contributed by atoms with Crippen LogP contribution in [0.3, 0.4) is 0 Å². The number of carbonyl (C=O) groups is 1. The Labute approximate surface area is 123 Å². The molecule has 1 fully saturated rings. The van der Waals surface area contributed by atoms with E-state index in [9.17, 15) is 4.79 Å². The summed E-state index contributed by atoms with van der Waals surface area (Å²) in [4.78, 5) is 18.6. The van der Waals surface area contributed by atoms with E-state index in [1.807, 2.05) is 25.1 Å². The Hall–Kier alpha value is -1.33. The van der Waals surface area contributed by atoms with E-state index in [1.54, 1.807) is 0 Å². The maximum Gasteiger partial charge on any atom is 0.266 e. The van der Waals surface area contributed by atoms with Crippen LogP contribution in [-0.2, 0) is 4.79 Å². The van der Waals surface area contributed by atoms with Crippen LogP contribution in [0.4, 0.5) is 0 Å². The van der Waals surface area contributed by atoms with Crippen molar-refractivity contribution in [3.8, 4) is 0 Å². The van der Waals surface area contributed by atoms with Gasteiger partial charge >= 0.3 is 0 Å². The highest BCUT2D eigenvalue weighted by Gasteiger charge is 2.33. The minimum absolute atomic E-state index is 0.0965. The Morgan fingerprint density at radius 1 is 1.40 bits per heavy atom. The van der Waals surface area contributed by atoms with Crippen LogP contribution >= 0.6 is 11.8 Å². The fourth-order valence-electron chi connectivity index (χ4n) is 2.45. The average Bonchev–Trinajstić information content (AvgIpc) is 2.84. The second-order valence-corrected chi connectivity index (χ2v) is 6.17. The van der Waals surface area contributed by atoms with Crippen LogP contribution in [0.2, 0.25) is 0 Å². The van der Waals surface area contributed by atoms with Gasteiger partial charge in [-0.3, -0.25) is 4.79 Å². The van der Waals surface area contributed by atoms with E-state index in [0.29, 0.717) is 5.56 Å². The smallest absolute Gasteiger partial charge is 0.266 e. The van der Waals surface area contributed by atoms with Gasteiger partial charge in [0.2, 0.25) is 0 Å². The zero-order valence-electron chi connectivity index (χ0n) is 11.4. The molecule has 2 heterocycles. The first-order valence-electron chi connectivity index (χ1n) is 6.76. The van der Waals surface area contributed by atoms with Crippen molar-refractivity contribution in [3.63, 3.8) is 0 Å². The molecular formula is C15H17N3OS. The molecule has 0 aromatic heterocycles. The summed E-state index contributed by atoms with van der Waals surface area (Å²) in [6.07, 6.45) is 0. The molecular weight excluding hydrogens is 270 g/mol. The molecule has 1 aromatic carbocycles. The molecule has 3 rings (SSSR count). The number of piperazine rings is 1. The number of carbonyl (C=O) groups excluding carboxylic acids is 1. The Balaban J connectivity index is 1.81. The van der Waals surface area contributed by atoms with E-state index in [-0.39, 0.29) is 11.2 Å². The highest BCUT2D eigenvalue weighted by molar-refractivity contribution is 8.15. The van der Waals surface area contributed by atoms with Crippen molar-refractivity contribution < 1.29 is 4.79 Å². The third-order valence-corrected chi connectivity index (χ3v) is 4.82. The molecule has 0 aliphatic carbocycles. The van der Waals surface area contributed by atoms with E-state index in [0.717, 1.165) is 42.5 Å². The number of rotatable bonds is 1. The van der Waals surface area contributed by atoms with Gasteiger partial charge in [0.15, 0.2) is 5.17 Å². The molecule has 1 saturated heterocycles. The summed E-state index contributed by atoms with van der Waals surface area (Å²) < 4.78 is 0. The minimum Gasteiger partial charge on any atom is -0.349 e. The average molecular weight is 287 g/mol. The van der Waals surface area contributed by atoms with Crippen LogP contribution in [-0.4, -0.2) is 42.2 Å². The van der Waals surface area contributed by atoms with Crippen LogP contribution in [0, 0.1) is 13.8 Å². The topological polar surface area (TPSA) is 44.7 Å². The van der Waals surface area contributed by atoms with Crippen molar-refractivity contribution >= 4 is 22.8 Å². The predicted octanol–water partition coefficient (Wildman–Crippen LogP) is 1.63. The largest absolute Gasteiger partial charge is 0.349 e. The van der Waals surface area contributed by atoms with E-state index < -0.39 is 0 Å². The number of benzene rings is 1. The number of thioether (sulfide) groups is 1. The summed E-state index contributed by atoms with van der Waals surface area (Å²) in [6.45, 7) is 11.7. The lowest BCUT2D eigenvalue weighted by atomic mass is 10.0. The molecule has 1 atom stereocenters. The van der Waals surface area contributed by atoms with Crippen molar-refractivity contribution in [2.75, 3.05) is 26.2 Å². The second kappa shape index (κ2) is 5.58. The fourth-order valence-corrected chi connectivity index (χ4v) is 3.62. The Bertz CT molecular complexity index is 564. The van der Waals surface area contributed by atoms with Gasteiger partial charge in [0.1, 0.15) is 5.25 Å². The summed E-state index contributed by atoms with van der Waals surface area (Å²) in [5.74, 6) is -0.0965. The van der Waals surface area contributed by atoms with E-state index in [4.69, 9.17) is 6.92 Å². The quantitative estimate of drug-likeness (QED) is 0.853. The third kappa shape index (κ3) is 2.60. The zero-order valence-corrected chi connectivity index (χ0v) is 12.2. The first kappa shape index (κ1) is 13.6. The molecule has 104 valence electrons. The van der Waals surface area contributed by atoms with Gasteiger partial charge in [0.25, 0.3) is 5.91 Å². The van der Waals surface area contributed by atoms with Gasteiger partial charge in [-0.05, 0) is 25.0 Å². The first-order chi connectivity index (χ1) is 9.65. The van der Waals surface area contributed by atoms with Crippen LogP contribution in [0.25, 0.3) is 0 Å². The lowest BCUT2D eigenvalue weighted by molar-refractivity contribution is -0.117. The summed E-state index contributed by atoms with van der Waals surface area (Å²) in [5, 5.41) is 3.84. The molecule has 20 heavy (non-hydrogen) atoms. The monoisotopic (exact) mass is 287 g/mol. The molecule has 1 N–H and O–H groups in total. The second-order valence-electron chi connectivity index (χ2n) is 5.10. The molecule has 2 aliphatic rings. The van der Waals surface area contributed by atoms with Crippen LogP contribution in [0.15, 0.2) is 23.2 Å². The summed E-state index contributed by atoms with van der Waals surface area (Å²) in [6, 6.07) is 5.81. The number of amidine groups is 1. The highest BCUT2D eigenvalue weighted by atomic mass is 32.2. The molecule has 0 spiro atoms. The Kier molecular flexibility index (Phi) is 3.81. The van der Waals surface area contributed by atoms with Crippen molar-refractivity contribution in [2.45, 2.75) is 12.2 Å². The number of nitrogens with one attached hydrogen (secondary N) is 1. The maximum atomic E-state index is 12.2. The molecule has 5 heteroatoms.